The fourth-order valence-electron chi connectivity index (χ4n) is 1.43. The molecule has 2 N–H and O–H groups in total. The van der Waals surface area contributed by atoms with Crippen LogP contribution in [0.25, 0.3) is 0 Å². The van der Waals surface area contributed by atoms with Gasteiger partial charge in [-0.05, 0) is 41.0 Å². The minimum Gasteiger partial charge on any atom is -0.453 e. The molecule has 17 heavy (non-hydrogen) atoms. The van der Waals surface area contributed by atoms with Gasteiger partial charge >= 0.3 is 0 Å². The molecule has 0 amide bonds. The highest BCUT2D eigenvalue weighted by Crippen LogP contribution is 2.28. The number of benzene rings is 1. The van der Waals surface area contributed by atoms with E-state index in [1.807, 2.05) is 35.1 Å². The normalized spacial score (nSPS) is 10.5. The number of para-hydroxylation sites is 1. The van der Waals surface area contributed by atoms with Crippen molar-refractivity contribution in [3.63, 3.8) is 0 Å². The lowest BCUT2D eigenvalue weighted by atomic mass is 10.3. The highest BCUT2D eigenvalue weighted by atomic mass is 79.9. The predicted molar refractivity (Wildman–Crippen MR) is 70.1 cm³/mol. The highest BCUT2D eigenvalue weighted by molar-refractivity contribution is 9.10. The van der Waals surface area contributed by atoms with Crippen molar-refractivity contribution in [1.82, 2.24) is 9.78 Å². The summed E-state index contributed by atoms with van der Waals surface area (Å²) in [5.41, 5.74) is 5.45. The maximum Gasteiger partial charge on any atom is 0.165 e. The van der Waals surface area contributed by atoms with E-state index in [2.05, 4.69) is 21.0 Å². The molecule has 1 aromatic heterocycles. The van der Waals surface area contributed by atoms with Crippen LogP contribution in [0.3, 0.4) is 0 Å². The molecular formula is C12H14BrN3O. The second-order valence-corrected chi connectivity index (χ2v) is 4.47. The minimum absolute atomic E-state index is 0.667. The summed E-state index contributed by atoms with van der Waals surface area (Å²) in [5.74, 6) is 1.51. The zero-order chi connectivity index (χ0) is 12.1. The SMILES string of the molecule is NCCCn1cc(Oc2ccccc2Br)cn1. The van der Waals surface area contributed by atoms with E-state index in [1.54, 1.807) is 6.20 Å². The van der Waals surface area contributed by atoms with E-state index in [-0.39, 0.29) is 0 Å². The van der Waals surface area contributed by atoms with Crippen LogP contribution in [0.1, 0.15) is 6.42 Å². The molecule has 4 nitrogen and oxygen atoms in total. The van der Waals surface area contributed by atoms with Gasteiger partial charge in [-0.25, -0.2) is 0 Å². The summed E-state index contributed by atoms with van der Waals surface area (Å²) >= 11 is 3.43. The van der Waals surface area contributed by atoms with Gasteiger partial charge in [-0.3, -0.25) is 4.68 Å². The number of halogens is 1. The van der Waals surface area contributed by atoms with Crippen molar-refractivity contribution in [2.75, 3.05) is 6.54 Å². The Balaban J connectivity index is 2.04. The second-order valence-electron chi connectivity index (χ2n) is 3.61. The average molecular weight is 296 g/mol. The molecule has 90 valence electrons. The summed E-state index contributed by atoms with van der Waals surface area (Å²) in [6, 6.07) is 7.72. The molecule has 0 aliphatic carbocycles. The third kappa shape index (κ3) is 3.31. The van der Waals surface area contributed by atoms with Gasteiger partial charge in [-0.1, -0.05) is 12.1 Å². The highest BCUT2D eigenvalue weighted by Gasteiger charge is 2.03. The van der Waals surface area contributed by atoms with Crippen LogP contribution in [-0.4, -0.2) is 16.3 Å². The van der Waals surface area contributed by atoms with Gasteiger partial charge in [-0.2, -0.15) is 5.10 Å². The molecule has 0 radical (unpaired) electrons. The van der Waals surface area contributed by atoms with E-state index >= 15 is 0 Å². The quantitative estimate of drug-likeness (QED) is 0.923. The van der Waals surface area contributed by atoms with E-state index < -0.39 is 0 Å². The van der Waals surface area contributed by atoms with Crippen LogP contribution >= 0.6 is 15.9 Å². The molecule has 0 aliphatic rings. The number of aryl methyl sites for hydroxylation is 1. The smallest absolute Gasteiger partial charge is 0.165 e. The topological polar surface area (TPSA) is 53.1 Å². The maximum absolute atomic E-state index is 5.71. The van der Waals surface area contributed by atoms with Gasteiger partial charge in [0.15, 0.2) is 5.75 Å². The summed E-state index contributed by atoms with van der Waals surface area (Å²) in [6.07, 6.45) is 4.49. The van der Waals surface area contributed by atoms with Crippen molar-refractivity contribution < 1.29 is 4.74 Å². The number of ether oxygens (including phenoxy) is 1. The van der Waals surface area contributed by atoms with Crippen molar-refractivity contribution in [3.8, 4) is 11.5 Å². The molecule has 1 aromatic carbocycles. The van der Waals surface area contributed by atoms with Crippen molar-refractivity contribution in [2.45, 2.75) is 13.0 Å². The molecule has 2 rings (SSSR count). The van der Waals surface area contributed by atoms with Crippen LogP contribution in [0.4, 0.5) is 0 Å². The standard InChI is InChI=1S/C12H14BrN3O/c13-11-4-1-2-5-12(11)17-10-8-15-16(9-10)7-3-6-14/h1-2,4-5,8-9H,3,6-7,14H2. The summed E-state index contributed by atoms with van der Waals surface area (Å²) in [6.45, 7) is 1.48. The molecule has 0 unspecified atom stereocenters. The van der Waals surface area contributed by atoms with E-state index in [0.717, 1.165) is 28.9 Å². The van der Waals surface area contributed by atoms with Gasteiger partial charge in [0.2, 0.25) is 0 Å². The van der Waals surface area contributed by atoms with Crippen molar-refractivity contribution >= 4 is 15.9 Å². The zero-order valence-corrected chi connectivity index (χ0v) is 10.9. The molecule has 2 aromatic rings. The molecule has 0 saturated carbocycles. The number of nitrogens with zero attached hydrogens (tertiary/aromatic N) is 2. The average Bonchev–Trinajstić information content (AvgIpc) is 2.77. The summed E-state index contributed by atoms with van der Waals surface area (Å²) in [5, 5.41) is 4.20. The fraction of sp³-hybridized carbons (Fsp3) is 0.250. The second kappa shape index (κ2) is 5.84. The molecule has 0 spiro atoms. The first-order valence-electron chi connectivity index (χ1n) is 5.44. The van der Waals surface area contributed by atoms with Crippen LogP contribution in [0.2, 0.25) is 0 Å². The van der Waals surface area contributed by atoms with E-state index in [4.69, 9.17) is 10.5 Å². The van der Waals surface area contributed by atoms with Crippen LogP contribution in [-0.2, 0) is 6.54 Å². The Morgan fingerprint density at radius 1 is 1.35 bits per heavy atom. The van der Waals surface area contributed by atoms with E-state index in [9.17, 15) is 0 Å². The van der Waals surface area contributed by atoms with Gasteiger partial charge in [-0.15, -0.1) is 0 Å². The molecule has 0 fully saturated rings. The third-order valence-electron chi connectivity index (χ3n) is 2.27. The number of aromatic nitrogens is 2. The Morgan fingerprint density at radius 2 is 2.18 bits per heavy atom. The lowest BCUT2D eigenvalue weighted by molar-refractivity contribution is 0.477. The fourth-order valence-corrected chi connectivity index (χ4v) is 1.79. The van der Waals surface area contributed by atoms with Crippen LogP contribution in [0.5, 0.6) is 11.5 Å². The monoisotopic (exact) mass is 295 g/mol. The molecule has 5 heteroatoms. The molecule has 0 saturated heterocycles. The zero-order valence-electron chi connectivity index (χ0n) is 9.34. The Bertz CT molecular complexity index is 484. The Hall–Kier alpha value is -1.33. The Morgan fingerprint density at radius 3 is 2.94 bits per heavy atom. The van der Waals surface area contributed by atoms with Gasteiger partial charge in [0.1, 0.15) is 5.75 Å². The maximum atomic E-state index is 5.71. The van der Waals surface area contributed by atoms with E-state index in [1.165, 1.54) is 0 Å². The first-order chi connectivity index (χ1) is 8.29. The third-order valence-corrected chi connectivity index (χ3v) is 2.92. The van der Waals surface area contributed by atoms with Gasteiger partial charge in [0, 0.05) is 6.54 Å². The molecule has 0 aliphatic heterocycles. The van der Waals surface area contributed by atoms with Crippen LogP contribution in [0.15, 0.2) is 41.1 Å². The first kappa shape index (κ1) is 12.1. The van der Waals surface area contributed by atoms with Gasteiger partial charge < -0.3 is 10.5 Å². The molecule has 0 bridgehead atoms. The Kier molecular flexibility index (Phi) is 4.17. The van der Waals surface area contributed by atoms with Gasteiger partial charge in [0.25, 0.3) is 0 Å². The van der Waals surface area contributed by atoms with Crippen molar-refractivity contribution in [3.05, 3.63) is 41.1 Å². The van der Waals surface area contributed by atoms with Crippen molar-refractivity contribution in [1.29, 1.82) is 0 Å². The predicted octanol–water partition coefficient (Wildman–Crippen LogP) is 2.79. The molecule has 0 atom stereocenters. The summed E-state index contributed by atoms with van der Waals surface area (Å²) in [4.78, 5) is 0. The van der Waals surface area contributed by atoms with Crippen molar-refractivity contribution in [2.24, 2.45) is 5.73 Å². The number of rotatable bonds is 5. The lowest BCUT2D eigenvalue weighted by Gasteiger charge is -2.04. The van der Waals surface area contributed by atoms with Gasteiger partial charge in [0.05, 0.1) is 16.9 Å². The lowest BCUT2D eigenvalue weighted by Crippen LogP contribution is -2.05. The van der Waals surface area contributed by atoms with Crippen LogP contribution in [0, 0.1) is 0 Å². The number of hydrogen-bond acceptors (Lipinski definition) is 3. The summed E-state index contributed by atoms with van der Waals surface area (Å²) in [7, 11) is 0. The largest absolute Gasteiger partial charge is 0.453 e. The minimum atomic E-state index is 0.667. The first-order valence-corrected chi connectivity index (χ1v) is 6.24. The number of nitrogens with two attached hydrogens (primary N) is 1. The number of hydrogen-bond donors (Lipinski definition) is 1. The summed E-state index contributed by atoms with van der Waals surface area (Å²) < 4.78 is 8.47. The molecule has 1 heterocycles. The Labute approximate surface area is 109 Å². The molecular weight excluding hydrogens is 282 g/mol. The van der Waals surface area contributed by atoms with E-state index in [0.29, 0.717) is 6.54 Å². The van der Waals surface area contributed by atoms with Crippen LogP contribution < -0.4 is 10.5 Å².